The number of nitro groups is 1. The molecular formula is C13H21N3O2. The zero-order chi connectivity index (χ0) is 13.7. The Morgan fingerprint density at radius 1 is 1.50 bits per heavy atom. The van der Waals surface area contributed by atoms with Crippen LogP contribution in [0.3, 0.4) is 0 Å². The molecule has 0 bridgehead atoms. The van der Waals surface area contributed by atoms with Crippen LogP contribution in [0.15, 0.2) is 12.3 Å². The van der Waals surface area contributed by atoms with Crippen LogP contribution in [0, 0.1) is 23.0 Å². The molecule has 5 heteroatoms. The maximum Gasteiger partial charge on any atom is 0.311 e. The maximum absolute atomic E-state index is 11.0. The second-order valence-electron chi connectivity index (χ2n) is 4.93. The fourth-order valence-electron chi connectivity index (χ4n) is 1.87. The van der Waals surface area contributed by atoms with Crippen molar-refractivity contribution in [2.75, 3.05) is 5.32 Å². The number of anilines is 1. The third-order valence-corrected chi connectivity index (χ3v) is 3.04. The topological polar surface area (TPSA) is 68.1 Å². The molecule has 1 heterocycles. The standard InChI is InChI=1S/C13H21N3O2/c1-5-9(2)6-11(4)15-13-12(16(17)18)7-10(3)8-14-13/h7-9,11H,5-6H2,1-4H3,(H,14,15). The average Bonchev–Trinajstić information content (AvgIpc) is 2.30. The van der Waals surface area contributed by atoms with Crippen LogP contribution in [-0.2, 0) is 0 Å². The lowest BCUT2D eigenvalue weighted by Crippen LogP contribution is -2.19. The molecule has 18 heavy (non-hydrogen) atoms. The van der Waals surface area contributed by atoms with Crippen LogP contribution in [0.4, 0.5) is 11.5 Å². The van der Waals surface area contributed by atoms with Gasteiger partial charge in [-0.3, -0.25) is 10.1 Å². The number of aromatic nitrogens is 1. The van der Waals surface area contributed by atoms with Crippen LogP contribution in [-0.4, -0.2) is 15.9 Å². The summed E-state index contributed by atoms with van der Waals surface area (Å²) in [6, 6.07) is 1.72. The summed E-state index contributed by atoms with van der Waals surface area (Å²) in [5.74, 6) is 0.957. The zero-order valence-corrected chi connectivity index (χ0v) is 11.4. The molecular weight excluding hydrogens is 230 g/mol. The minimum Gasteiger partial charge on any atom is -0.362 e. The first-order valence-electron chi connectivity index (χ1n) is 6.31. The van der Waals surface area contributed by atoms with E-state index in [9.17, 15) is 10.1 Å². The molecule has 0 amide bonds. The lowest BCUT2D eigenvalue weighted by molar-refractivity contribution is -0.384. The van der Waals surface area contributed by atoms with Crippen LogP contribution in [0.2, 0.25) is 0 Å². The summed E-state index contributed by atoms with van der Waals surface area (Å²) in [7, 11) is 0. The molecule has 1 aromatic rings. The summed E-state index contributed by atoms with van der Waals surface area (Å²) in [5, 5.41) is 14.1. The molecule has 0 aliphatic heterocycles. The SMILES string of the molecule is CCC(C)CC(C)Nc1ncc(C)cc1[N+](=O)[O-]. The van der Waals surface area contributed by atoms with Gasteiger partial charge in [-0.05, 0) is 31.7 Å². The summed E-state index contributed by atoms with van der Waals surface area (Å²) in [6.07, 6.45) is 3.73. The van der Waals surface area contributed by atoms with Gasteiger partial charge in [0.25, 0.3) is 0 Å². The maximum atomic E-state index is 11.0. The predicted octanol–water partition coefficient (Wildman–Crippen LogP) is 3.53. The van der Waals surface area contributed by atoms with Crippen molar-refractivity contribution in [1.29, 1.82) is 0 Å². The van der Waals surface area contributed by atoms with E-state index in [0.29, 0.717) is 11.7 Å². The molecule has 0 fully saturated rings. The molecule has 1 rings (SSSR count). The smallest absolute Gasteiger partial charge is 0.311 e. The normalized spacial score (nSPS) is 14.0. The van der Waals surface area contributed by atoms with Gasteiger partial charge in [-0.2, -0.15) is 0 Å². The van der Waals surface area contributed by atoms with E-state index in [0.717, 1.165) is 18.4 Å². The van der Waals surface area contributed by atoms with Crippen LogP contribution >= 0.6 is 0 Å². The molecule has 0 radical (unpaired) electrons. The highest BCUT2D eigenvalue weighted by Gasteiger charge is 2.17. The van der Waals surface area contributed by atoms with Crippen LogP contribution in [0.5, 0.6) is 0 Å². The highest BCUT2D eigenvalue weighted by molar-refractivity contribution is 5.56. The highest BCUT2D eigenvalue weighted by Crippen LogP contribution is 2.24. The van der Waals surface area contributed by atoms with E-state index in [2.05, 4.69) is 24.1 Å². The summed E-state index contributed by atoms with van der Waals surface area (Å²) < 4.78 is 0. The third kappa shape index (κ3) is 3.98. The van der Waals surface area contributed by atoms with Gasteiger partial charge in [-0.1, -0.05) is 20.3 Å². The third-order valence-electron chi connectivity index (χ3n) is 3.04. The average molecular weight is 251 g/mol. The number of aryl methyl sites for hydroxylation is 1. The van der Waals surface area contributed by atoms with Gasteiger partial charge in [0.05, 0.1) is 4.92 Å². The van der Waals surface area contributed by atoms with E-state index in [-0.39, 0.29) is 11.7 Å². The number of hydrogen-bond donors (Lipinski definition) is 1. The first-order chi connectivity index (χ1) is 8.43. The lowest BCUT2D eigenvalue weighted by atomic mass is 10.0. The van der Waals surface area contributed by atoms with Gasteiger partial charge < -0.3 is 5.32 Å². The van der Waals surface area contributed by atoms with Crippen molar-refractivity contribution in [3.05, 3.63) is 27.9 Å². The quantitative estimate of drug-likeness (QED) is 0.620. The van der Waals surface area contributed by atoms with Crippen LogP contribution in [0.25, 0.3) is 0 Å². The summed E-state index contributed by atoms with van der Waals surface area (Å²) in [5.41, 5.74) is 0.841. The Kier molecular flexibility index (Phi) is 5.07. The van der Waals surface area contributed by atoms with Gasteiger partial charge in [0.15, 0.2) is 0 Å². The number of rotatable bonds is 6. The largest absolute Gasteiger partial charge is 0.362 e. The molecule has 0 saturated carbocycles. The molecule has 100 valence electrons. The van der Waals surface area contributed by atoms with E-state index in [4.69, 9.17) is 0 Å². The Hall–Kier alpha value is -1.65. The first kappa shape index (κ1) is 14.4. The molecule has 1 N–H and O–H groups in total. The fourth-order valence-corrected chi connectivity index (χ4v) is 1.87. The van der Waals surface area contributed by atoms with Gasteiger partial charge >= 0.3 is 5.69 Å². The van der Waals surface area contributed by atoms with Gasteiger partial charge in [0, 0.05) is 18.3 Å². The number of nitrogens with zero attached hydrogens (tertiary/aromatic N) is 2. The van der Waals surface area contributed by atoms with Crippen molar-refractivity contribution in [1.82, 2.24) is 4.98 Å². The first-order valence-corrected chi connectivity index (χ1v) is 6.31. The second kappa shape index (κ2) is 6.33. The van der Waals surface area contributed by atoms with Crippen LogP contribution < -0.4 is 5.32 Å². The molecule has 0 aliphatic carbocycles. The van der Waals surface area contributed by atoms with Gasteiger partial charge in [-0.25, -0.2) is 4.98 Å². The Balaban J connectivity index is 2.80. The highest BCUT2D eigenvalue weighted by atomic mass is 16.6. The summed E-state index contributed by atoms with van der Waals surface area (Å²) in [6.45, 7) is 8.14. The van der Waals surface area contributed by atoms with Crippen molar-refractivity contribution >= 4 is 11.5 Å². The van der Waals surface area contributed by atoms with Crippen molar-refractivity contribution in [2.24, 2.45) is 5.92 Å². The van der Waals surface area contributed by atoms with Crippen molar-refractivity contribution in [3.8, 4) is 0 Å². The van der Waals surface area contributed by atoms with E-state index in [1.807, 2.05) is 6.92 Å². The Bertz CT molecular complexity index is 421. The number of pyridine rings is 1. The lowest BCUT2D eigenvalue weighted by Gasteiger charge is -2.18. The van der Waals surface area contributed by atoms with E-state index in [1.54, 1.807) is 19.2 Å². The second-order valence-corrected chi connectivity index (χ2v) is 4.93. The minimum absolute atomic E-state index is 0.0472. The molecule has 0 spiro atoms. The van der Waals surface area contributed by atoms with Crippen molar-refractivity contribution in [3.63, 3.8) is 0 Å². The summed E-state index contributed by atoms with van der Waals surface area (Å²) >= 11 is 0. The number of hydrogen-bond acceptors (Lipinski definition) is 4. The predicted molar refractivity (Wildman–Crippen MR) is 72.8 cm³/mol. The van der Waals surface area contributed by atoms with E-state index in [1.165, 1.54) is 0 Å². The molecule has 2 unspecified atom stereocenters. The van der Waals surface area contributed by atoms with Gasteiger partial charge in [0.2, 0.25) is 5.82 Å². The van der Waals surface area contributed by atoms with Crippen LogP contribution in [0.1, 0.15) is 39.2 Å². The Morgan fingerprint density at radius 3 is 2.72 bits per heavy atom. The Labute approximate surface area is 108 Å². The summed E-state index contributed by atoms with van der Waals surface area (Å²) in [4.78, 5) is 14.7. The minimum atomic E-state index is -0.391. The molecule has 0 aromatic carbocycles. The van der Waals surface area contributed by atoms with Gasteiger partial charge in [-0.15, -0.1) is 0 Å². The molecule has 5 nitrogen and oxygen atoms in total. The van der Waals surface area contributed by atoms with Gasteiger partial charge in [0.1, 0.15) is 0 Å². The fraction of sp³-hybridized carbons (Fsp3) is 0.615. The Morgan fingerprint density at radius 2 is 2.17 bits per heavy atom. The molecule has 0 aliphatic rings. The zero-order valence-electron chi connectivity index (χ0n) is 11.4. The van der Waals surface area contributed by atoms with Crippen molar-refractivity contribution in [2.45, 2.75) is 46.6 Å². The monoisotopic (exact) mass is 251 g/mol. The number of nitrogens with one attached hydrogen (secondary N) is 1. The molecule has 2 atom stereocenters. The van der Waals surface area contributed by atoms with Crippen molar-refractivity contribution < 1.29 is 4.92 Å². The van der Waals surface area contributed by atoms with E-state index < -0.39 is 4.92 Å². The van der Waals surface area contributed by atoms with E-state index >= 15 is 0 Å². The molecule has 0 saturated heterocycles. The molecule has 1 aromatic heterocycles.